The van der Waals surface area contributed by atoms with Gasteiger partial charge in [0.05, 0.1) is 12.3 Å². The second-order valence-corrected chi connectivity index (χ2v) is 7.29. The Kier molecular flexibility index (Phi) is 6.15. The molecule has 1 amide bonds. The van der Waals surface area contributed by atoms with Gasteiger partial charge in [-0.3, -0.25) is 4.79 Å². The zero-order chi connectivity index (χ0) is 16.7. The van der Waals surface area contributed by atoms with Crippen LogP contribution in [0.3, 0.4) is 0 Å². The van der Waals surface area contributed by atoms with Crippen LogP contribution in [-0.2, 0) is 21.2 Å². The molecule has 0 aliphatic heterocycles. The first-order valence-electron chi connectivity index (χ1n) is 7.01. The number of rotatable bonds is 7. The van der Waals surface area contributed by atoms with E-state index in [0.717, 1.165) is 5.56 Å². The first kappa shape index (κ1) is 17.5. The largest absolute Gasteiger partial charge is 0.325 e. The molecule has 0 fully saturated rings. The molecule has 0 saturated heterocycles. The van der Waals surface area contributed by atoms with Crippen LogP contribution >= 0.6 is 11.6 Å². The molecule has 0 atom stereocenters. The van der Waals surface area contributed by atoms with Crippen molar-refractivity contribution in [1.82, 2.24) is 4.72 Å². The van der Waals surface area contributed by atoms with Crippen LogP contribution in [0.5, 0.6) is 0 Å². The summed E-state index contributed by atoms with van der Waals surface area (Å²) in [5.74, 6) is -0.499. The average molecular weight is 353 g/mol. The molecule has 122 valence electrons. The molecule has 2 rings (SSSR count). The molecule has 0 spiro atoms. The van der Waals surface area contributed by atoms with E-state index in [0.29, 0.717) is 17.1 Å². The van der Waals surface area contributed by atoms with Crippen LogP contribution in [0.4, 0.5) is 5.69 Å². The fourth-order valence-corrected chi connectivity index (χ4v) is 3.01. The minimum Gasteiger partial charge on any atom is -0.325 e. The van der Waals surface area contributed by atoms with Crippen molar-refractivity contribution in [3.05, 3.63) is 65.2 Å². The standard InChI is InChI=1S/C16H17ClN2O3S/c17-14-6-8-15(9-7-14)19-16(20)12-18-23(21,22)11-10-13-4-2-1-3-5-13/h1-9,18H,10-12H2,(H,19,20). The number of benzene rings is 2. The maximum Gasteiger partial charge on any atom is 0.239 e. The Balaban J connectivity index is 1.79. The Morgan fingerprint density at radius 3 is 2.30 bits per heavy atom. The number of halogens is 1. The summed E-state index contributed by atoms with van der Waals surface area (Å²) < 4.78 is 26.1. The van der Waals surface area contributed by atoms with Crippen LogP contribution in [0.1, 0.15) is 5.56 Å². The summed E-state index contributed by atoms with van der Waals surface area (Å²) in [6, 6.07) is 15.9. The highest BCUT2D eigenvalue weighted by atomic mass is 35.5. The van der Waals surface area contributed by atoms with Crippen molar-refractivity contribution >= 4 is 33.2 Å². The van der Waals surface area contributed by atoms with Gasteiger partial charge in [0.1, 0.15) is 0 Å². The fourth-order valence-electron chi connectivity index (χ4n) is 1.88. The Bertz CT molecular complexity index is 747. The van der Waals surface area contributed by atoms with Crippen molar-refractivity contribution in [2.24, 2.45) is 0 Å². The Labute approximate surface area is 140 Å². The maximum absolute atomic E-state index is 11.9. The predicted octanol–water partition coefficient (Wildman–Crippen LogP) is 2.44. The first-order valence-corrected chi connectivity index (χ1v) is 9.04. The summed E-state index contributed by atoms with van der Waals surface area (Å²) in [6.45, 7) is -0.306. The third-order valence-electron chi connectivity index (χ3n) is 3.08. The molecule has 0 aromatic heterocycles. The van der Waals surface area contributed by atoms with Crippen molar-refractivity contribution < 1.29 is 13.2 Å². The van der Waals surface area contributed by atoms with E-state index in [9.17, 15) is 13.2 Å². The molecule has 0 bridgehead atoms. The van der Waals surface area contributed by atoms with Crippen molar-refractivity contribution in [2.75, 3.05) is 17.6 Å². The van der Waals surface area contributed by atoms with Gasteiger partial charge in [-0.1, -0.05) is 41.9 Å². The lowest BCUT2D eigenvalue weighted by atomic mass is 10.2. The van der Waals surface area contributed by atoms with Gasteiger partial charge in [0.25, 0.3) is 0 Å². The molecule has 0 aliphatic carbocycles. The summed E-state index contributed by atoms with van der Waals surface area (Å²) in [5.41, 5.74) is 1.49. The van der Waals surface area contributed by atoms with E-state index in [4.69, 9.17) is 11.6 Å². The Hall–Kier alpha value is -1.89. The normalized spacial score (nSPS) is 11.2. The number of carbonyl (C=O) groups excluding carboxylic acids is 1. The van der Waals surface area contributed by atoms with E-state index < -0.39 is 15.9 Å². The van der Waals surface area contributed by atoms with E-state index in [1.54, 1.807) is 24.3 Å². The number of hydrogen-bond acceptors (Lipinski definition) is 3. The van der Waals surface area contributed by atoms with Gasteiger partial charge in [-0.25, -0.2) is 13.1 Å². The van der Waals surface area contributed by atoms with Crippen LogP contribution in [0.2, 0.25) is 5.02 Å². The number of anilines is 1. The average Bonchev–Trinajstić information content (AvgIpc) is 2.55. The van der Waals surface area contributed by atoms with Gasteiger partial charge in [-0.15, -0.1) is 0 Å². The summed E-state index contributed by atoms with van der Waals surface area (Å²) in [5, 5.41) is 3.15. The van der Waals surface area contributed by atoms with Crippen LogP contribution in [0.25, 0.3) is 0 Å². The van der Waals surface area contributed by atoms with E-state index in [1.165, 1.54) is 0 Å². The lowest BCUT2D eigenvalue weighted by Crippen LogP contribution is -2.34. The first-order chi connectivity index (χ1) is 10.9. The molecular weight excluding hydrogens is 336 g/mol. The molecule has 2 aromatic carbocycles. The molecule has 7 heteroatoms. The van der Waals surface area contributed by atoms with Gasteiger partial charge in [0.15, 0.2) is 0 Å². The summed E-state index contributed by atoms with van der Waals surface area (Å²) in [6.07, 6.45) is 0.398. The molecular formula is C16H17ClN2O3S. The van der Waals surface area contributed by atoms with Crippen LogP contribution in [-0.4, -0.2) is 26.6 Å². The lowest BCUT2D eigenvalue weighted by molar-refractivity contribution is -0.115. The molecule has 0 heterocycles. The second-order valence-electron chi connectivity index (χ2n) is 4.93. The molecule has 2 aromatic rings. The third kappa shape index (κ3) is 6.40. The van der Waals surface area contributed by atoms with Gasteiger partial charge in [-0.2, -0.15) is 0 Å². The Morgan fingerprint density at radius 1 is 1.00 bits per heavy atom. The van der Waals surface area contributed by atoms with Gasteiger partial charge in [0, 0.05) is 10.7 Å². The highest BCUT2D eigenvalue weighted by molar-refractivity contribution is 7.89. The van der Waals surface area contributed by atoms with Crippen LogP contribution in [0.15, 0.2) is 54.6 Å². The smallest absolute Gasteiger partial charge is 0.239 e. The summed E-state index contributed by atoms with van der Waals surface area (Å²) in [7, 11) is -3.51. The zero-order valence-corrected chi connectivity index (χ0v) is 13.9. The van der Waals surface area contributed by atoms with Crippen LogP contribution in [0, 0.1) is 0 Å². The Morgan fingerprint density at radius 2 is 1.65 bits per heavy atom. The number of nitrogens with one attached hydrogen (secondary N) is 2. The van der Waals surface area contributed by atoms with Gasteiger partial charge >= 0.3 is 0 Å². The summed E-state index contributed by atoms with van der Waals surface area (Å²) in [4.78, 5) is 11.7. The maximum atomic E-state index is 11.9. The van der Waals surface area contributed by atoms with Crippen molar-refractivity contribution in [2.45, 2.75) is 6.42 Å². The number of aryl methyl sites for hydroxylation is 1. The highest BCUT2D eigenvalue weighted by Gasteiger charge is 2.12. The summed E-state index contributed by atoms with van der Waals surface area (Å²) >= 11 is 5.75. The lowest BCUT2D eigenvalue weighted by Gasteiger charge is -2.08. The second kappa shape index (κ2) is 8.10. The molecule has 0 saturated carbocycles. The van der Waals surface area contributed by atoms with Gasteiger partial charge in [-0.05, 0) is 36.2 Å². The van der Waals surface area contributed by atoms with Crippen molar-refractivity contribution in [3.8, 4) is 0 Å². The fraction of sp³-hybridized carbons (Fsp3) is 0.188. The molecule has 0 aliphatic rings. The molecule has 0 unspecified atom stereocenters. The quantitative estimate of drug-likeness (QED) is 0.803. The minimum atomic E-state index is -3.51. The van der Waals surface area contributed by atoms with Crippen LogP contribution < -0.4 is 10.0 Å². The van der Waals surface area contributed by atoms with E-state index in [-0.39, 0.29) is 12.3 Å². The molecule has 0 radical (unpaired) electrons. The number of carbonyl (C=O) groups is 1. The third-order valence-corrected chi connectivity index (χ3v) is 4.66. The van der Waals surface area contributed by atoms with E-state index >= 15 is 0 Å². The zero-order valence-electron chi connectivity index (χ0n) is 12.3. The molecule has 23 heavy (non-hydrogen) atoms. The van der Waals surface area contributed by atoms with Gasteiger partial charge in [0.2, 0.25) is 15.9 Å². The SMILES string of the molecule is O=C(CNS(=O)(=O)CCc1ccccc1)Nc1ccc(Cl)cc1. The predicted molar refractivity (Wildman–Crippen MR) is 92.0 cm³/mol. The number of amides is 1. The minimum absolute atomic E-state index is 0.0642. The highest BCUT2D eigenvalue weighted by Crippen LogP contribution is 2.13. The van der Waals surface area contributed by atoms with Crippen molar-refractivity contribution in [1.29, 1.82) is 0 Å². The molecule has 2 N–H and O–H groups in total. The molecule has 5 nitrogen and oxygen atoms in total. The number of hydrogen-bond donors (Lipinski definition) is 2. The monoisotopic (exact) mass is 352 g/mol. The van der Waals surface area contributed by atoms with E-state index in [2.05, 4.69) is 10.0 Å². The van der Waals surface area contributed by atoms with E-state index in [1.807, 2.05) is 30.3 Å². The number of sulfonamides is 1. The van der Waals surface area contributed by atoms with Gasteiger partial charge < -0.3 is 5.32 Å². The topological polar surface area (TPSA) is 75.3 Å². The van der Waals surface area contributed by atoms with Crippen molar-refractivity contribution in [3.63, 3.8) is 0 Å².